The highest BCUT2D eigenvalue weighted by Gasteiger charge is 2.29. The van der Waals surface area contributed by atoms with Gasteiger partial charge in [0.15, 0.2) is 0 Å². The number of aryl methyl sites for hydroxylation is 1. The molecule has 4 aromatic rings. The van der Waals surface area contributed by atoms with Crippen molar-refractivity contribution in [3.63, 3.8) is 0 Å². The Kier molecular flexibility index (Phi) is 8.02. The summed E-state index contributed by atoms with van der Waals surface area (Å²) in [4.78, 5) is 17.5. The minimum atomic E-state index is -3.99. The van der Waals surface area contributed by atoms with Gasteiger partial charge in [-0.1, -0.05) is 90.0 Å². The molecule has 6 nitrogen and oxygen atoms in total. The van der Waals surface area contributed by atoms with Crippen LogP contribution in [0, 0.1) is 6.92 Å². The van der Waals surface area contributed by atoms with E-state index in [4.69, 9.17) is 11.6 Å². The van der Waals surface area contributed by atoms with Crippen molar-refractivity contribution in [3.8, 4) is 0 Å². The summed E-state index contributed by atoms with van der Waals surface area (Å²) in [5.74, 6) is -0.214. The highest BCUT2D eigenvalue weighted by Crippen LogP contribution is 2.30. The van der Waals surface area contributed by atoms with Gasteiger partial charge in [-0.15, -0.1) is 0 Å². The van der Waals surface area contributed by atoms with Gasteiger partial charge in [-0.05, 0) is 48.4 Å². The lowest BCUT2D eigenvalue weighted by atomic mass is 9.96. The molecule has 1 fully saturated rings. The first-order valence-corrected chi connectivity index (χ1v) is 14.7. The van der Waals surface area contributed by atoms with Crippen LogP contribution in [0.2, 0.25) is 5.02 Å². The Bertz CT molecular complexity index is 1500. The van der Waals surface area contributed by atoms with Crippen molar-refractivity contribution in [2.75, 3.05) is 30.9 Å². The van der Waals surface area contributed by atoms with Gasteiger partial charge in [-0.3, -0.25) is 14.4 Å². The maximum Gasteiger partial charge on any atom is 0.263 e. The van der Waals surface area contributed by atoms with E-state index >= 15 is 0 Å². The van der Waals surface area contributed by atoms with Crippen LogP contribution in [-0.4, -0.2) is 50.3 Å². The van der Waals surface area contributed by atoms with Gasteiger partial charge in [0, 0.05) is 37.4 Å². The normalized spacial score (nSPS) is 14.4. The average molecular weight is 560 g/mol. The first-order chi connectivity index (χ1) is 18.8. The van der Waals surface area contributed by atoms with Gasteiger partial charge in [0.25, 0.3) is 15.9 Å². The maximum atomic E-state index is 13.5. The van der Waals surface area contributed by atoms with Crippen LogP contribution in [0.5, 0.6) is 0 Å². The van der Waals surface area contributed by atoms with Gasteiger partial charge < -0.3 is 4.90 Å². The van der Waals surface area contributed by atoms with Gasteiger partial charge in [-0.25, -0.2) is 8.42 Å². The number of benzene rings is 4. The lowest BCUT2D eigenvalue weighted by Gasteiger charge is -2.39. The molecule has 0 bridgehead atoms. The second kappa shape index (κ2) is 11.6. The molecule has 5 rings (SSSR count). The summed E-state index contributed by atoms with van der Waals surface area (Å²) in [5.41, 5.74) is 4.15. The number of nitrogens with one attached hydrogen (secondary N) is 1. The third-order valence-electron chi connectivity index (χ3n) is 6.97. The average Bonchev–Trinajstić information content (AvgIpc) is 2.96. The SMILES string of the molecule is Cc1ccc(NS(=O)(=O)c2cc(C(=O)N3CCN(C(c4ccccc4)c4ccccc4)CC3)ccc2Cl)cc1. The van der Waals surface area contributed by atoms with Crippen molar-refractivity contribution in [1.82, 2.24) is 9.80 Å². The van der Waals surface area contributed by atoms with E-state index in [0.717, 1.165) is 5.56 Å². The van der Waals surface area contributed by atoms with E-state index in [-0.39, 0.29) is 21.9 Å². The third-order valence-corrected chi connectivity index (χ3v) is 8.83. The number of piperazine rings is 1. The van der Waals surface area contributed by atoms with Crippen molar-refractivity contribution < 1.29 is 13.2 Å². The summed E-state index contributed by atoms with van der Waals surface area (Å²) in [6.07, 6.45) is 0. The van der Waals surface area contributed by atoms with Crippen molar-refractivity contribution in [2.45, 2.75) is 17.9 Å². The number of anilines is 1. The Hall–Kier alpha value is -3.65. The summed E-state index contributed by atoms with van der Waals surface area (Å²) in [7, 11) is -3.99. The molecule has 1 amide bonds. The van der Waals surface area contributed by atoms with Crippen LogP contribution in [0.1, 0.15) is 33.1 Å². The smallest absolute Gasteiger partial charge is 0.263 e. The van der Waals surface area contributed by atoms with Crippen molar-refractivity contribution in [2.24, 2.45) is 0 Å². The van der Waals surface area contributed by atoms with Gasteiger partial charge in [0.2, 0.25) is 0 Å². The largest absolute Gasteiger partial charge is 0.336 e. The van der Waals surface area contributed by atoms with Gasteiger partial charge >= 0.3 is 0 Å². The molecular weight excluding hydrogens is 530 g/mol. The molecule has 0 aromatic heterocycles. The second-order valence-corrected chi connectivity index (χ2v) is 11.7. The Morgan fingerprint density at radius 1 is 0.795 bits per heavy atom. The fraction of sp³-hybridized carbons (Fsp3) is 0.194. The third kappa shape index (κ3) is 6.17. The van der Waals surface area contributed by atoms with E-state index in [0.29, 0.717) is 37.4 Å². The van der Waals surface area contributed by atoms with E-state index in [1.54, 1.807) is 23.1 Å². The molecule has 8 heteroatoms. The second-order valence-electron chi connectivity index (χ2n) is 9.67. The summed E-state index contributed by atoms with van der Waals surface area (Å²) in [6.45, 7) is 4.36. The number of sulfonamides is 1. The summed E-state index contributed by atoms with van der Waals surface area (Å²) in [6, 6.07) is 32.3. The van der Waals surface area contributed by atoms with Crippen LogP contribution >= 0.6 is 11.6 Å². The van der Waals surface area contributed by atoms with Crippen molar-refractivity contribution in [3.05, 3.63) is 130 Å². The predicted octanol–water partition coefficient (Wildman–Crippen LogP) is 6.00. The Balaban J connectivity index is 1.32. The zero-order valence-corrected chi connectivity index (χ0v) is 23.2. The maximum absolute atomic E-state index is 13.5. The molecule has 1 aliphatic heterocycles. The Labute approximate surface area is 234 Å². The molecule has 0 atom stereocenters. The molecule has 1 saturated heterocycles. The first kappa shape index (κ1) is 26.9. The fourth-order valence-corrected chi connectivity index (χ4v) is 6.51. The first-order valence-electron chi connectivity index (χ1n) is 12.8. The minimum absolute atomic E-state index is 0.0598. The number of hydrogen-bond acceptors (Lipinski definition) is 4. The number of carbonyl (C=O) groups is 1. The number of halogens is 1. The molecule has 1 heterocycles. The number of nitrogens with zero attached hydrogens (tertiary/aromatic N) is 2. The monoisotopic (exact) mass is 559 g/mol. The van der Waals surface area contributed by atoms with Crippen LogP contribution < -0.4 is 4.72 Å². The predicted molar refractivity (Wildman–Crippen MR) is 156 cm³/mol. The number of amides is 1. The molecule has 0 aliphatic carbocycles. The zero-order valence-electron chi connectivity index (χ0n) is 21.6. The lowest BCUT2D eigenvalue weighted by Crippen LogP contribution is -2.49. The number of rotatable bonds is 7. The molecule has 200 valence electrons. The highest BCUT2D eigenvalue weighted by atomic mass is 35.5. The zero-order chi connectivity index (χ0) is 27.4. The molecule has 39 heavy (non-hydrogen) atoms. The lowest BCUT2D eigenvalue weighted by molar-refractivity contribution is 0.0597. The summed E-state index contributed by atoms with van der Waals surface area (Å²) >= 11 is 6.28. The van der Waals surface area contributed by atoms with E-state index in [2.05, 4.69) is 33.9 Å². The molecular formula is C31H30ClN3O3S. The van der Waals surface area contributed by atoms with Crippen molar-refractivity contribution >= 4 is 33.2 Å². The highest BCUT2D eigenvalue weighted by molar-refractivity contribution is 7.92. The molecule has 0 spiro atoms. The van der Waals surface area contributed by atoms with Crippen LogP contribution in [0.25, 0.3) is 0 Å². The molecule has 0 saturated carbocycles. The molecule has 1 aliphatic rings. The van der Waals surface area contributed by atoms with Crippen LogP contribution in [-0.2, 0) is 10.0 Å². The number of hydrogen-bond donors (Lipinski definition) is 1. The molecule has 0 radical (unpaired) electrons. The van der Waals surface area contributed by atoms with Gasteiger partial charge in [-0.2, -0.15) is 0 Å². The van der Waals surface area contributed by atoms with E-state index in [1.165, 1.54) is 23.3 Å². The van der Waals surface area contributed by atoms with E-state index in [9.17, 15) is 13.2 Å². The Morgan fingerprint density at radius 3 is 1.92 bits per heavy atom. The van der Waals surface area contributed by atoms with Crippen LogP contribution in [0.3, 0.4) is 0 Å². The van der Waals surface area contributed by atoms with Crippen molar-refractivity contribution in [1.29, 1.82) is 0 Å². The van der Waals surface area contributed by atoms with Crippen LogP contribution in [0.4, 0.5) is 5.69 Å². The van der Waals surface area contributed by atoms with Crippen LogP contribution in [0.15, 0.2) is 108 Å². The van der Waals surface area contributed by atoms with Gasteiger partial charge in [0.1, 0.15) is 4.90 Å². The Morgan fingerprint density at radius 2 is 1.36 bits per heavy atom. The van der Waals surface area contributed by atoms with E-state index < -0.39 is 10.0 Å². The molecule has 1 N–H and O–H groups in total. The summed E-state index contributed by atoms with van der Waals surface area (Å²) in [5, 5.41) is 0.0598. The molecule has 0 unspecified atom stereocenters. The summed E-state index contributed by atoms with van der Waals surface area (Å²) < 4.78 is 28.8. The fourth-order valence-electron chi connectivity index (χ4n) is 4.92. The standard InChI is InChI=1S/C31H30ClN3O3S/c1-23-12-15-27(16-13-23)33-39(37,38)29-22-26(14-17-28(29)32)31(36)35-20-18-34(19-21-35)30(24-8-4-2-5-9-24)25-10-6-3-7-11-25/h2-17,22,30,33H,18-21H2,1H3. The van der Waals surface area contributed by atoms with Gasteiger partial charge in [0.05, 0.1) is 11.1 Å². The molecule has 4 aromatic carbocycles. The minimum Gasteiger partial charge on any atom is -0.336 e. The van der Waals surface area contributed by atoms with E-state index in [1.807, 2.05) is 55.5 Å². The quantitative estimate of drug-likeness (QED) is 0.302. The number of carbonyl (C=O) groups excluding carboxylic acids is 1. The topological polar surface area (TPSA) is 69.7 Å².